The number of hydrogen-bond donors (Lipinski definition) is 1. The first-order chi connectivity index (χ1) is 9.13. The Labute approximate surface area is 114 Å². The number of aryl methyl sites for hydroxylation is 2. The van der Waals surface area contributed by atoms with Crippen LogP contribution in [0.1, 0.15) is 22.7 Å². The van der Waals surface area contributed by atoms with E-state index in [2.05, 4.69) is 29.5 Å². The molecule has 0 aliphatic carbocycles. The first kappa shape index (κ1) is 13.6. The van der Waals surface area contributed by atoms with Gasteiger partial charge in [0.1, 0.15) is 5.75 Å². The van der Waals surface area contributed by atoms with Crippen molar-refractivity contribution in [2.75, 3.05) is 14.2 Å². The molecule has 2 aromatic rings. The molecule has 0 aliphatic rings. The number of hydrogen-bond acceptors (Lipinski definition) is 3. The van der Waals surface area contributed by atoms with E-state index in [0.29, 0.717) is 0 Å². The van der Waals surface area contributed by atoms with Crippen LogP contribution in [0.5, 0.6) is 5.75 Å². The van der Waals surface area contributed by atoms with Crippen molar-refractivity contribution in [2.45, 2.75) is 19.4 Å². The number of rotatable bonds is 5. The maximum atomic E-state index is 5.47. The number of nitrogens with one attached hydrogen (secondary N) is 1. The van der Waals surface area contributed by atoms with Gasteiger partial charge in [-0.25, -0.2) is 0 Å². The molecule has 4 heteroatoms. The van der Waals surface area contributed by atoms with Crippen molar-refractivity contribution in [3.63, 3.8) is 0 Å². The van der Waals surface area contributed by atoms with Gasteiger partial charge in [-0.3, -0.25) is 4.68 Å². The number of ether oxygens (including phenoxy) is 1. The van der Waals surface area contributed by atoms with Crippen molar-refractivity contribution in [3.8, 4) is 5.75 Å². The van der Waals surface area contributed by atoms with E-state index >= 15 is 0 Å². The molecular weight excluding hydrogens is 238 g/mol. The molecule has 0 aliphatic heterocycles. The fourth-order valence-corrected chi connectivity index (χ4v) is 2.31. The average Bonchev–Trinajstić information content (AvgIpc) is 2.81. The maximum absolute atomic E-state index is 5.47. The van der Waals surface area contributed by atoms with Crippen LogP contribution in [0.4, 0.5) is 0 Å². The van der Waals surface area contributed by atoms with Crippen LogP contribution < -0.4 is 10.1 Å². The van der Waals surface area contributed by atoms with Crippen molar-refractivity contribution in [1.29, 1.82) is 0 Å². The quantitative estimate of drug-likeness (QED) is 0.895. The highest BCUT2D eigenvalue weighted by molar-refractivity contribution is 5.39. The van der Waals surface area contributed by atoms with E-state index in [1.54, 1.807) is 7.11 Å². The molecular formula is C15H21N3O. The predicted octanol–water partition coefficient (Wildman–Crippen LogP) is 2.24. The Balaban J connectivity index is 2.28. The number of likely N-dealkylation sites (N-methyl/N-ethyl adjacent to an activating group) is 1. The number of nitrogens with zero attached hydrogens (tertiary/aromatic N) is 2. The zero-order valence-electron chi connectivity index (χ0n) is 12.0. The fraction of sp³-hybridized carbons (Fsp3) is 0.400. The zero-order chi connectivity index (χ0) is 13.8. The predicted molar refractivity (Wildman–Crippen MR) is 76.4 cm³/mol. The van der Waals surface area contributed by atoms with Crippen LogP contribution in [0.3, 0.4) is 0 Å². The monoisotopic (exact) mass is 259 g/mol. The van der Waals surface area contributed by atoms with Crippen molar-refractivity contribution in [3.05, 3.63) is 47.3 Å². The summed E-state index contributed by atoms with van der Waals surface area (Å²) in [7, 11) is 5.62. The molecule has 1 atom stereocenters. The molecule has 0 spiro atoms. The molecule has 4 nitrogen and oxygen atoms in total. The van der Waals surface area contributed by atoms with Gasteiger partial charge >= 0.3 is 0 Å². The molecule has 102 valence electrons. The summed E-state index contributed by atoms with van der Waals surface area (Å²) in [5.41, 5.74) is 3.64. The third-order valence-electron chi connectivity index (χ3n) is 3.31. The third kappa shape index (κ3) is 3.15. The maximum Gasteiger partial charge on any atom is 0.123 e. The van der Waals surface area contributed by atoms with E-state index in [1.165, 1.54) is 16.7 Å². The smallest absolute Gasteiger partial charge is 0.123 e. The summed E-state index contributed by atoms with van der Waals surface area (Å²) in [6.07, 6.45) is 4.85. The number of aromatic nitrogens is 2. The summed E-state index contributed by atoms with van der Waals surface area (Å²) in [6.45, 7) is 2.10. The molecule has 1 unspecified atom stereocenters. The Morgan fingerprint density at radius 2 is 2.21 bits per heavy atom. The molecule has 19 heavy (non-hydrogen) atoms. The van der Waals surface area contributed by atoms with Crippen LogP contribution in [0.15, 0.2) is 30.6 Å². The summed E-state index contributed by atoms with van der Waals surface area (Å²) in [6, 6.07) is 6.49. The molecule has 1 N–H and O–H groups in total. The van der Waals surface area contributed by atoms with Gasteiger partial charge in [0.2, 0.25) is 0 Å². The lowest BCUT2D eigenvalue weighted by Crippen LogP contribution is -2.19. The lowest BCUT2D eigenvalue weighted by atomic mass is 9.98. The SMILES string of the molecule is CNC(Cc1cnn(C)c1)c1cc(C)ccc1OC. The Hall–Kier alpha value is -1.81. The standard InChI is InChI=1S/C15H21N3O/c1-11-5-6-15(19-4)13(7-11)14(16-2)8-12-9-17-18(3)10-12/h5-7,9-10,14,16H,8H2,1-4H3. The van der Waals surface area contributed by atoms with E-state index in [9.17, 15) is 0 Å². The second kappa shape index (κ2) is 5.89. The van der Waals surface area contributed by atoms with Crippen molar-refractivity contribution in [2.24, 2.45) is 7.05 Å². The summed E-state index contributed by atoms with van der Waals surface area (Å²) < 4.78 is 7.29. The van der Waals surface area contributed by atoms with Crippen LogP contribution in [-0.4, -0.2) is 23.9 Å². The second-order valence-corrected chi connectivity index (χ2v) is 4.81. The highest BCUT2D eigenvalue weighted by Crippen LogP contribution is 2.28. The topological polar surface area (TPSA) is 39.1 Å². The normalized spacial score (nSPS) is 12.4. The van der Waals surface area contributed by atoms with Crippen molar-refractivity contribution >= 4 is 0 Å². The lowest BCUT2D eigenvalue weighted by molar-refractivity contribution is 0.401. The second-order valence-electron chi connectivity index (χ2n) is 4.81. The van der Waals surface area contributed by atoms with Crippen LogP contribution in [-0.2, 0) is 13.5 Å². The Morgan fingerprint density at radius 3 is 2.79 bits per heavy atom. The molecule has 1 aromatic heterocycles. The van der Waals surface area contributed by atoms with Crippen molar-refractivity contribution in [1.82, 2.24) is 15.1 Å². The van der Waals surface area contributed by atoms with Gasteiger partial charge in [0, 0.05) is 24.8 Å². The van der Waals surface area contributed by atoms with E-state index < -0.39 is 0 Å². The van der Waals surface area contributed by atoms with Gasteiger partial charge in [-0.1, -0.05) is 17.7 Å². The Kier molecular flexibility index (Phi) is 4.22. The third-order valence-corrected chi connectivity index (χ3v) is 3.31. The Morgan fingerprint density at radius 1 is 1.42 bits per heavy atom. The van der Waals surface area contributed by atoms with Gasteiger partial charge in [0.15, 0.2) is 0 Å². The highest BCUT2D eigenvalue weighted by atomic mass is 16.5. The fourth-order valence-electron chi connectivity index (χ4n) is 2.31. The number of methoxy groups -OCH3 is 1. The highest BCUT2D eigenvalue weighted by Gasteiger charge is 2.16. The summed E-state index contributed by atoms with van der Waals surface area (Å²) in [5, 5.41) is 7.58. The zero-order valence-corrected chi connectivity index (χ0v) is 12.0. The molecule has 0 fully saturated rings. The molecule has 0 saturated heterocycles. The summed E-state index contributed by atoms with van der Waals surface area (Å²) in [4.78, 5) is 0. The van der Waals surface area contributed by atoms with Gasteiger partial charge in [-0.05, 0) is 32.0 Å². The van der Waals surface area contributed by atoms with Gasteiger partial charge < -0.3 is 10.1 Å². The molecule has 1 heterocycles. The summed E-state index contributed by atoms with van der Waals surface area (Å²) in [5.74, 6) is 0.925. The molecule has 0 radical (unpaired) electrons. The minimum Gasteiger partial charge on any atom is -0.496 e. The largest absolute Gasteiger partial charge is 0.496 e. The first-order valence-electron chi connectivity index (χ1n) is 6.43. The van der Waals surface area contributed by atoms with Gasteiger partial charge in [0.05, 0.1) is 13.3 Å². The van der Waals surface area contributed by atoms with Gasteiger partial charge in [-0.2, -0.15) is 5.10 Å². The van der Waals surface area contributed by atoms with E-state index in [-0.39, 0.29) is 6.04 Å². The van der Waals surface area contributed by atoms with E-state index in [0.717, 1.165) is 12.2 Å². The molecule has 0 amide bonds. The molecule has 0 bridgehead atoms. The Bertz CT molecular complexity index is 548. The van der Waals surface area contributed by atoms with Crippen LogP contribution in [0, 0.1) is 6.92 Å². The van der Waals surface area contributed by atoms with Crippen LogP contribution in [0.2, 0.25) is 0 Å². The lowest BCUT2D eigenvalue weighted by Gasteiger charge is -2.19. The first-order valence-corrected chi connectivity index (χ1v) is 6.43. The van der Waals surface area contributed by atoms with Gasteiger partial charge in [0.25, 0.3) is 0 Å². The van der Waals surface area contributed by atoms with E-state index in [1.807, 2.05) is 37.2 Å². The minimum atomic E-state index is 0.221. The minimum absolute atomic E-state index is 0.221. The van der Waals surface area contributed by atoms with Gasteiger partial charge in [-0.15, -0.1) is 0 Å². The molecule has 0 saturated carbocycles. The van der Waals surface area contributed by atoms with Crippen LogP contribution in [0.25, 0.3) is 0 Å². The van der Waals surface area contributed by atoms with Crippen LogP contribution >= 0.6 is 0 Å². The molecule has 2 rings (SSSR count). The van der Waals surface area contributed by atoms with E-state index in [4.69, 9.17) is 4.74 Å². The molecule has 1 aromatic carbocycles. The summed E-state index contributed by atoms with van der Waals surface area (Å²) >= 11 is 0. The number of benzene rings is 1. The van der Waals surface area contributed by atoms with Crippen molar-refractivity contribution < 1.29 is 4.74 Å². The average molecular weight is 259 g/mol.